The summed E-state index contributed by atoms with van der Waals surface area (Å²) in [4.78, 5) is 6.80. The van der Waals surface area contributed by atoms with Crippen molar-refractivity contribution in [2.45, 2.75) is 45.6 Å². The molecule has 0 aromatic carbocycles. The van der Waals surface area contributed by atoms with Gasteiger partial charge in [0, 0.05) is 24.8 Å². The molecule has 1 aromatic rings. The van der Waals surface area contributed by atoms with Crippen LogP contribution in [0.1, 0.15) is 51.1 Å². The monoisotopic (exact) mass is 291 g/mol. The quantitative estimate of drug-likeness (QED) is 0.799. The molecular formula is C17H29N3O. The Bertz CT molecular complexity index is 405. The normalized spacial score (nSPS) is 17.6. The van der Waals surface area contributed by atoms with Crippen LogP contribution in [0.3, 0.4) is 0 Å². The fourth-order valence-electron chi connectivity index (χ4n) is 2.71. The molecule has 1 aliphatic heterocycles. The first-order chi connectivity index (χ1) is 10.3. The molecule has 1 aliphatic rings. The minimum absolute atomic E-state index is 0.345. The first-order valence-electron chi connectivity index (χ1n) is 8.34. The molecule has 0 radical (unpaired) electrons. The highest BCUT2D eigenvalue weighted by atomic mass is 16.5. The van der Waals surface area contributed by atoms with Crippen LogP contribution >= 0.6 is 0 Å². The predicted octanol–water partition coefficient (Wildman–Crippen LogP) is 3.01. The van der Waals surface area contributed by atoms with Crippen molar-refractivity contribution in [3.63, 3.8) is 0 Å². The lowest BCUT2D eigenvalue weighted by molar-refractivity contribution is 0.180. The first-order valence-corrected chi connectivity index (χ1v) is 8.34. The van der Waals surface area contributed by atoms with Crippen molar-refractivity contribution in [1.82, 2.24) is 15.2 Å². The van der Waals surface area contributed by atoms with E-state index in [0.717, 1.165) is 32.0 Å². The third kappa shape index (κ3) is 5.64. The van der Waals surface area contributed by atoms with E-state index in [9.17, 15) is 0 Å². The van der Waals surface area contributed by atoms with E-state index in [1.54, 1.807) is 0 Å². The Labute approximate surface area is 128 Å². The first kappa shape index (κ1) is 16.2. The van der Waals surface area contributed by atoms with Crippen LogP contribution < -0.4 is 10.1 Å². The smallest absolute Gasteiger partial charge is 0.213 e. The summed E-state index contributed by atoms with van der Waals surface area (Å²) >= 11 is 0. The molecule has 2 rings (SSSR count). The Hall–Kier alpha value is -1.13. The summed E-state index contributed by atoms with van der Waals surface area (Å²) in [5.41, 5.74) is 1.24. The summed E-state index contributed by atoms with van der Waals surface area (Å²) in [6.45, 7) is 9.57. The number of likely N-dealkylation sites (tertiary alicyclic amines) is 1. The molecule has 118 valence electrons. The second-order valence-corrected chi connectivity index (χ2v) is 5.85. The molecule has 4 heteroatoms. The lowest BCUT2D eigenvalue weighted by Crippen LogP contribution is -2.33. The number of pyridine rings is 1. The lowest BCUT2D eigenvalue weighted by Gasteiger charge is -2.26. The maximum absolute atomic E-state index is 5.82. The van der Waals surface area contributed by atoms with Crippen LogP contribution in [0.5, 0.6) is 5.88 Å². The SMILES string of the molecule is CCCNC(C)c1ccnc(OCCN2CCCCC2)c1. The molecule has 1 fully saturated rings. The second-order valence-electron chi connectivity index (χ2n) is 5.85. The molecule has 0 aliphatic carbocycles. The zero-order valence-corrected chi connectivity index (χ0v) is 13.5. The second kappa shape index (κ2) is 9.00. The molecule has 0 spiro atoms. The number of aromatic nitrogens is 1. The van der Waals surface area contributed by atoms with Crippen molar-refractivity contribution in [1.29, 1.82) is 0 Å². The van der Waals surface area contributed by atoms with Crippen LogP contribution in [-0.2, 0) is 0 Å². The van der Waals surface area contributed by atoms with Gasteiger partial charge in [0.25, 0.3) is 0 Å². The van der Waals surface area contributed by atoms with Crippen molar-refractivity contribution in [3.8, 4) is 5.88 Å². The molecule has 1 atom stereocenters. The Balaban J connectivity index is 1.77. The minimum Gasteiger partial charge on any atom is -0.476 e. The molecule has 1 unspecified atom stereocenters. The summed E-state index contributed by atoms with van der Waals surface area (Å²) in [5.74, 6) is 0.745. The van der Waals surface area contributed by atoms with Gasteiger partial charge in [0.15, 0.2) is 0 Å². The molecule has 1 aromatic heterocycles. The minimum atomic E-state index is 0.345. The van der Waals surface area contributed by atoms with E-state index >= 15 is 0 Å². The number of nitrogens with zero attached hydrogens (tertiary/aromatic N) is 2. The Morgan fingerprint density at radius 1 is 1.33 bits per heavy atom. The molecule has 2 heterocycles. The molecule has 0 saturated carbocycles. The van der Waals surface area contributed by atoms with Gasteiger partial charge in [-0.05, 0) is 57.5 Å². The summed E-state index contributed by atoms with van der Waals surface area (Å²) in [7, 11) is 0. The maximum Gasteiger partial charge on any atom is 0.213 e. The standard InChI is InChI=1S/C17H29N3O/c1-3-8-18-15(2)16-7-9-19-17(14-16)21-13-12-20-10-5-4-6-11-20/h7,9,14-15,18H,3-6,8,10-13H2,1-2H3. The number of piperidine rings is 1. The van der Waals surface area contributed by atoms with Gasteiger partial charge in [0.1, 0.15) is 6.61 Å². The third-order valence-corrected chi connectivity index (χ3v) is 4.07. The van der Waals surface area contributed by atoms with E-state index in [4.69, 9.17) is 4.74 Å². The fourth-order valence-corrected chi connectivity index (χ4v) is 2.71. The van der Waals surface area contributed by atoms with Crippen LogP contribution in [0.15, 0.2) is 18.3 Å². The van der Waals surface area contributed by atoms with Crippen molar-refractivity contribution in [2.24, 2.45) is 0 Å². The van der Waals surface area contributed by atoms with Gasteiger partial charge in [-0.25, -0.2) is 4.98 Å². The Kier molecular flexibility index (Phi) is 6.96. The largest absolute Gasteiger partial charge is 0.476 e. The van der Waals surface area contributed by atoms with E-state index in [1.807, 2.05) is 6.20 Å². The van der Waals surface area contributed by atoms with Gasteiger partial charge in [-0.15, -0.1) is 0 Å². The number of hydrogen-bond donors (Lipinski definition) is 1. The Morgan fingerprint density at radius 3 is 2.90 bits per heavy atom. The van der Waals surface area contributed by atoms with E-state index in [-0.39, 0.29) is 0 Å². The summed E-state index contributed by atoms with van der Waals surface area (Å²) < 4.78 is 5.82. The van der Waals surface area contributed by atoms with Crippen molar-refractivity contribution >= 4 is 0 Å². The van der Waals surface area contributed by atoms with Gasteiger partial charge >= 0.3 is 0 Å². The van der Waals surface area contributed by atoms with Crippen LogP contribution in [-0.4, -0.2) is 42.7 Å². The number of hydrogen-bond acceptors (Lipinski definition) is 4. The number of ether oxygens (including phenoxy) is 1. The maximum atomic E-state index is 5.82. The number of rotatable bonds is 8. The van der Waals surface area contributed by atoms with Crippen molar-refractivity contribution in [3.05, 3.63) is 23.9 Å². The van der Waals surface area contributed by atoms with Crippen molar-refractivity contribution in [2.75, 3.05) is 32.8 Å². The average Bonchev–Trinajstić information content (AvgIpc) is 2.54. The molecule has 21 heavy (non-hydrogen) atoms. The van der Waals surface area contributed by atoms with Gasteiger partial charge in [0.05, 0.1) is 0 Å². The van der Waals surface area contributed by atoms with Crippen LogP contribution in [0.25, 0.3) is 0 Å². The molecule has 0 amide bonds. The molecule has 0 bridgehead atoms. The summed E-state index contributed by atoms with van der Waals surface area (Å²) in [5, 5.41) is 3.49. The van der Waals surface area contributed by atoms with Crippen LogP contribution in [0, 0.1) is 0 Å². The van der Waals surface area contributed by atoms with Crippen LogP contribution in [0.4, 0.5) is 0 Å². The highest BCUT2D eigenvalue weighted by molar-refractivity contribution is 5.23. The third-order valence-electron chi connectivity index (χ3n) is 4.07. The van der Waals surface area contributed by atoms with E-state index in [0.29, 0.717) is 6.04 Å². The predicted molar refractivity (Wildman–Crippen MR) is 86.7 cm³/mol. The molecule has 1 saturated heterocycles. The highest BCUT2D eigenvalue weighted by Gasteiger charge is 2.10. The Morgan fingerprint density at radius 2 is 2.14 bits per heavy atom. The van der Waals surface area contributed by atoms with Gasteiger partial charge in [-0.2, -0.15) is 0 Å². The fraction of sp³-hybridized carbons (Fsp3) is 0.706. The van der Waals surface area contributed by atoms with Crippen molar-refractivity contribution < 1.29 is 4.74 Å². The van der Waals surface area contributed by atoms with Gasteiger partial charge < -0.3 is 10.1 Å². The topological polar surface area (TPSA) is 37.4 Å². The molecular weight excluding hydrogens is 262 g/mol. The van der Waals surface area contributed by atoms with Gasteiger partial charge in [0.2, 0.25) is 5.88 Å². The van der Waals surface area contributed by atoms with E-state index in [1.165, 1.54) is 37.9 Å². The van der Waals surface area contributed by atoms with Gasteiger partial charge in [-0.1, -0.05) is 13.3 Å². The average molecular weight is 291 g/mol. The van der Waals surface area contributed by atoms with E-state index in [2.05, 4.69) is 41.2 Å². The lowest BCUT2D eigenvalue weighted by atomic mass is 10.1. The van der Waals surface area contributed by atoms with Crippen LogP contribution in [0.2, 0.25) is 0 Å². The molecule has 1 N–H and O–H groups in total. The highest BCUT2D eigenvalue weighted by Crippen LogP contribution is 2.16. The summed E-state index contributed by atoms with van der Waals surface area (Å²) in [6.07, 6.45) is 7.02. The molecule has 4 nitrogen and oxygen atoms in total. The zero-order valence-electron chi connectivity index (χ0n) is 13.5. The summed E-state index contributed by atoms with van der Waals surface area (Å²) in [6, 6.07) is 4.46. The van der Waals surface area contributed by atoms with E-state index < -0.39 is 0 Å². The zero-order chi connectivity index (χ0) is 14.9. The van der Waals surface area contributed by atoms with Gasteiger partial charge in [-0.3, -0.25) is 4.90 Å². The number of nitrogens with one attached hydrogen (secondary N) is 1.